The average Bonchev–Trinajstić information content (AvgIpc) is 2.86. The first-order valence-electron chi connectivity index (χ1n) is 8.13. The highest BCUT2D eigenvalue weighted by atomic mass is 16.2. The van der Waals surface area contributed by atoms with Crippen LogP contribution in [0.15, 0.2) is 48.5 Å². The topological polar surface area (TPSA) is 78.5 Å². The van der Waals surface area contributed by atoms with E-state index in [0.717, 1.165) is 5.56 Å². The second-order valence-electron chi connectivity index (χ2n) is 5.91. The van der Waals surface area contributed by atoms with E-state index in [-0.39, 0.29) is 24.4 Å². The quantitative estimate of drug-likeness (QED) is 0.650. The predicted molar refractivity (Wildman–Crippen MR) is 94.6 cm³/mol. The van der Waals surface area contributed by atoms with Crippen LogP contribution in [-0.4, -0.2) is 35.8 Å². The van der Waals surface area contributed by atoms with Crippen molar-refractivity contribution in [2.75, 3.05) is 18.4 Å². The Bertz CT molecular complexity index is 780. The van der Waals surface area contributed by atoms with E-state index in [1.165, 1.54) is 4.90 Å². The summed E-state index contributed by atoms with van der Waals surface area (Å²) in [5.41, 5.74) is 2.71. The molecule has 1 heterocycles. The number of anilines is 1. The van der Waals surface area contributed by atoms with E-state index >= 15 is 0 Å². The number of aryl methyl sites for hydroxylation is 1. The van der Waals surface area contributed by atoms with Gasteiger partial charge in [0.25, 0.3) is 11.8 Å². The van der Waals surface area contributed by atoms with Crippen molar-refractivity contribution in [1.29, 1.82) is 0 Å². The largest absolute Gasteiger partial charge is 0.338 e. The molecule has 0 unspecified atom stereocenters. The van der Waals surface area contributed by atoms with Crippen molar-refractivity contribution in [3.8, 4) is 0 Å². The molecule has 0 aliphatic carbocycles. The molecule has 2 aromatic carbocycles. The third-order valence-electron chi connectivity index (χ3n) is 4.03. The van der Waals surface area contributed by atoms with Crippen molar-refractivity contribution in [3.05, 3.63) is 65.2 Å². The van der Waals surface area contributed by atoms with Crippen molar-refractivity contribution in [2.45, 2.75) is 13.3 Å². The fourth-order valence-electron chi connectivity index (χ4n) is 2.69. The Morgan fingerprint density at radius 1 is 0.960 bits per heavy atom. The van der Waals surface area contributed by atoms with Crippen LogP contribution in [0, 0.1) is 6.92 Å². The summed E-state index contributed by atoms with van der Waals surface area (Å²) in [6.07, 6.45) is 0.493. The Labute approximate surface area is 145 Å². The first-order chi connectivity index (χ1) is 12.1. The van der Waals surface area contributed by atoms with Gasteiger partial charge in [0, 0.05) is 18.8 Å². The third kappa shape index (κ3) is 3.68. The number of carbonyl (C=O) groups excluding carboxylic acids is 3. The zero-order chi connectivity index (χ0) is 17.8. The number of carbonyl (C=O) groups is 3. The smallest absolute Gasteiger partial charge is 0.319 e. The standard InChI is InChI=1S/C19H19N3O3/c1-13-7-9-14(10-8-13)21-19(25)20-11-4-12-22-17(23)15-5-2-3-6-16(15)18(22)24/h2-3,5-10H,4,11-12H2,1H3,(H2,20,21,25). The zero-order valence-corrected chi connectivity index (χ0v) is 13.9. The number of hydrogen-bond donors (Lipinski definition) is 2. The minimum Gasteiger partial charge on any atom is -0.338 e. The molecule has 0 atom stereocenters. The molecule has 1 aliphatic rings. The minimum atomic E-state index is -0.314. The molecule has 25 heavy (non-hydrogen) atoms. The van der Waals surface area contributed by atoms with Gasteiger partial charge in [0.15, 0.2) is 0 Å². The minimum absolute atomic E-state index is 0.273. The molecule has 2 aromatic rings. The van der Waals surface area contributed by atoms with Gasteiger partial charge in [-0.1, -0.05) is 29.8 Å². The third-order valence-corrected chi connectivity index (χ3v) is 4.03. The molecule has 4 amide bonds. The fourth-order valence-corrected chi connectivity index (χ4v) is 2.69. The molecular weight excluding hydrogens is 318 g/mol. The molecule has 128 valence electrons. The van der Waals surface area contributed by atoms with E-state index in [2.05, 4.69) is 10.6 Å². The lowest BCUT2D eigenvalue weighted by molar-refractivity contribution is 0.0653. The molecule has 1 aliphatic heterocycles. The summed E-state index contributed by atoms with van der Waals surface area (Å²) in [7, 11) is 0. The summed E-state index contributed by atoms with van der Waals surface area (Å²) in [5, 5.41) is 5.45. The monoisotopic (exact) mass is 337 g/mol. The maximum absolute atomic E-state index is 12.2. The van der Waals surface area contributed by atoms with E-state index in [1.807, 2.05) is 31.2 Å². The number of nitrogens with zero attached hydrogens (tertiary/aromatic N) is 1. The lowest BCUT2D eigenvalue weighted by Gasteiger charge is -2.14. The van der Waals surface area contributed by atoms with Gasteiger partial charge in [0.05, 0.1) is 11.1 Å². The first-order valence-corrected chi connectivity index (χ1v) is 8.13. The number of nitrogens with one attached hydrogen (secondary N) is 2. The molecule has 0 radical (unpaired) electrons. The molecule has 6 heteroatoms. The predicted octanol–water partition coefficient (Wildman–Crippen LogP) is 2.80. The number of rotatable bonds is 5. The lowest BCUT2D eigenvalue weighted by atomic mass is 10.1. The Morgan fingerprint density at radius 2 is 1.56 bits per heavy atom. The fraction of sp³-hybridized carbons (Fsp3) is 0.211. The van der Waals surface area contributed by atoms with Crippen LogP contribution in [0.1, 0.15) is 32.7 Å². The van der Waals surface area contributed by atoms with Crippen LogP contribution in [0.25, 0.3) is 0 Å². The molecular formula is C19H19N3O3. The van der Waals surface area contributed by atoms with E-state index < -0.39 is 0 Å². The number of imide groups is 1. The Hall–Kier alpha value is -3.15. The molecule has 0 aromatic heterocycles. The summed E-state index contributed by atoms with van der Waals surface area (Å²) in [4.78, 5) is 37.5. The molecule has 0 saturated heterocycles. The Balaban J connectivity index is 1.45. The molecule has 0 spiro atoms. The molecule has 0 bridgehead atoms. The van der Waals surface area contributed by atoms with Crippen LogP contribution in [0.5, 0.6) is 0 Å². The van der Waals surface area contributed by atoms with E-state index in [0.29, 0.717) is 29.8 Å². The van der Waals surface area contributed by atoms with Crippen molar-refractivity contribution in [2.24, 2.45) is 0 Å². The van der Waals surface area contributed by atoms with Gasteiger partial charge in [-0.2, -0.15) is 0 Å². The summed E-state index contributed by atoms with van der Waals surface area (Å²) in [6, 6.07) is 14.0. The molecule has 0 fully saturated rings. The molecule has 0 saturated carbocycles. The highest BCUT2D eigenvalue weighted by Gasteiger charge is 2.34. The number of fused-ring (bicyclic) bond motifs is 1. The number of benzene rings is 2. The second kappa shape index (κ2) is 7.17. The van der Waals surface area contributed by atoms with E-state index in [4.69, 9.17) is 0 Å². The van der Waals surface area contributed by atoms with Gasteiger partial charge < -0.3 is 10.6 Å². The maximum Gasteiger partial charge on any atom is 0.319 e. The van der Waals surface area contributed by atoms with E-state index in [9.17, 15) is 14.4 Å². The van der Waals surface area contributed by atoms with Gasteiger partial charge >= 0.3 is 6.03 Å². The molecule has 3 rings (SSSR count). The number of hydrogen-bond acceptors (Lipinski definition) is 3. The highest BCUT2D eigenvalue weighted by Crippen LogP contribution is 2.22. The van der Waals surface area contributed by atoms with Crippen molar-refractivity contribution in [3.63, 3.8) is 0 Å². The van der Waals surface area contributed by atoms with Crippen molar-refractivity contribution >= 4 is 23.5 Å². The highest BCUT2D eigenvalue weighted by molar-refractivity contribution is 6.21. The summed E-state index contributed by atoms with van der Waals surface area (Å²) in [6.45, 7) is 2.62. The van der Waals surface area contributed by atoms with Gasteiger partial charge in [0.1, 0.15) is 0 Å². The average molecular weight is 337 g/mol. The maximum atomic E-state index is 12.2. The van der Waals surface area contributed by atoms with Crippen molar-refractivity contribution in [1.82, 2.24) is 10.2 Å². The number of amides is 4. The lowest BCUT2D eigenvalue weighted by Crippen LogP contribution is -2.35. The first kappa shape index (κ1) is 16.7. The summed E-state index contributed by atoms with van der Waals surface area (Å²) >= 11 is 0. The van der Waals surface area contributed by atoms with Crippen LogP contribution in [0.4, 0.5) is 10.5 Å². The van der Waals surface area contributed by atoms with E-state index in [1.54, 1.807) is 24.3 Å². The van der Waals surface area contributed by atoms with Crippen molar-refractivity contribution < 1.29 is 14.4 Å². The van der Waals surface area contributed by atoms with Gasteiger partial charge in [-0.05, 0) is 37.6 Å². The second-order valence-corrected chi connectivity index (χ2v) is 5.91. The van der Waals surface area contributed by atoms with Gasteiger partial charge in [-0.25, -0.2) is 4.79 Å². The SMILES string of the molecule is Cc1ccc(NC(=O)NCCCN2C(=O)c3ccccc3C2=O)cc1. The van der Waals surface area contributed by atoms with Crippen LogP contribution in [0.2, 0.25) is 0 Å². The summed E-state index contributed by atoms with van der Waals surface area (Å²) < 4.78 is 0. The molecule has 2 N–H and O–H groups in total. The zero-order valence-electron chi connectivity index (χ0n) is 13.9. The Kier molecular flexibility index (Phi) is 4.79. The molecule has 6 nitrogen and oxygen atoms in total. The Morgan fingerprint density at radius 3 is 2.16 bits per heavy atom. The van der Waals surface area contributed by atoms with Crippen LogP contribution < -0.4 is 10.6 Å². The van der Waals surface area contributed by atoms with Crippen LogP contribution in [-0.2, 0) is 0 Å². The normalized spacial score (nSPS) is 12.9. The van der Waals surface area contributed by atoms with Gasteiger partial charge in [0.2, 0.25) is 0 Å². The van der Waals surface area contributed by atoms with Gasteiger partial charge in [-0.3, -0.25) is 14.5 Å². The summed E-state index contributed by atoms with van der Waals surface area (Å²) in [5.74, 6) is -0.547. The number of urea groups is 1. The van der Waals surface area contributed by atoms with Crippen LogP contribution >= 0.6 is 0 Å². The van der Waals surface area contributed by atoms with Gasteiger partial charge in [-0.15, -0.1) is 0 Å². The van der Waals surface area contributed by atoms with Crippen LogP contribution in [0.3, 0.4) is 0 Å².